The normalized spacial score (nSPS) is 13.0. The molecule has 0 bridgehead atoms. The van der Waals surface area contributed by atoms with Crippen LogP contribution in [0.15, 0.2) is 17.0 Å². The molecule has 2 N–H and O–H groups in total. The van der Waals surface area contributed by atoms with Crippen molar-refractivity contribution < 1.29 is 27.5 Å². The number of amides is 1. The molecule has 0 saturated carbocycles. The molecule has 1 aromatic carbocycles. The zero-order chi connectivity index (χ0) is 17.9. The van der Waals surface area contributed by atoms with E-state index in [-0.39, 0.29) is 17.3 Å². The largest absolute Gasteiger partial charge is 0.481 e. The number of anilines is 1. The lowest BCUT2D eigenvalue weighted by molar-refractivity contribution is -0.141. The fourth-order valence-electron chi connectivity index (χ4n) is 1.74. The minimum Gasteiger partial charge on any atom is -0.481 e. The molecule has 128 valence electrons. The first-order chi connectivity index (χ1) is 10.5. The van der Waals surface area contributed by atoms with Crippen molar-refractivity contribution in [3.8, 4) is 0 Å². The fourth-order valence-corrected chi connectivity index (χ4v) is 3.34. The second-order valence-corrected chi connectivity index (χ2v) is 7.39. The Bertz CT molecular complexity index is 738. The van der Waals surface area contributed by atoms with E-state index in [0.29, 0.717) is 0 Å². The monoisotopic (exact) mass is 366 g/mol. The summed E-state index contributed by atoms with van der Waals surface area (Å²) in [5.41, 5.74) is -0.0582. The van der Waals surface area contributed by atoms with Gasteiger partial charge in [-0.1, -0.05) is 18.5 Å². The number of nitrogens with zero attached hydrogens (tertiary/aromatic N) is 1. The summed E-state index contributed by atoms with van der Waals surface area (Å²) in [7, 11) is -3.13. The van der Waals surface area contributed by atoms with Crippen molar-refractivity contribution in [1.82, 2.24) is 4.31 Å². The maximum absolute atomic E-state index is 14.1. The maximum Gasteiger partial charge on any atom is 0.307 e. The highest BCUT2D eigenvalue weighted by Gasteiger charge is 2.28. The van der Waals surface area contributed by atoms with E-state index in [1.54, 1.807) is 0 Å². The Labute approximate surface area is 138 Å². The molecule has 7 nitrogen and oxygen atoms in total. The Morgan fingerprint density at radius 3 is 2.48 bits per heavy atom. The zero-order valence-electron chi connectivity index (χ0n) is 12.6. The topological polar surface area (TPSA) is 104 Å². The molecule has 0 saturated heterocycles. The predicted molar refractivity (Wildman–Crippen MR) is 82.3 cm³/mol. The van der Waals surface area contributed by atoms with Crippen molar-refractivity contribution in [2.24, 2.45) is 5.92 Å². The van der Waals surface area contributed by atoms with Crippen LogP contribution in [0.4, 0.5) is 10.1 Å². The van der Waals surface area contributed by atoms with E-state index in [4.69, 9.17) is 16.7 Å². The van der Waals surface area contributed by atoms with Crippen molar-refractivity contribution in [2.45, 2.75) is 18.7 Å². The molecule has 1 rings (SSSR count). The van der Waals surface area contributed by atoms with Gasteiger partial charge in [-0.2, -0.15) is 4.31 Å². The van der Waals surface area contributed by atoms with Crippen LogP contribution in [-0.2, 0) is 19.6 Å². The first-order valence-corrected chi connectivity index (χ1v) is 8.24. The lowest BCUT2D eigenvalue weighted by Crippen LogP contribution is -2.34. The van der Waals surface area contributed by atoms with Gasteiger partial charge in [0.25, 0.3) is 0 Å². The van der Waals surface area contributed by atoms with Gasteiger partial charge in [-0.05, 0) is 6.07 Å². The van der Waals surface area contributed by atoms with Crippen LogP contribution < -0.4 is 5.32 Å². The molecule has 0 fully saturated rings. The smallest absolute Gasteiger partial charge is 0.307 e. The number of nitrogens with one attached hydrogen (secondary N) is 1. The number of aliphatic carboxylic acids is 1. The molecule has 0 heterocycles. The number of carbonyl (C=O) groups excluding carboxylic acids is 1. The van der Waals surface area contributed by atoms with Crippen molar-refractivity contribution in [1.29, 1.82) is 0 Å². The van der Waals surface area contributed by atoms with Crippen LogP contribution in [0.1, 0.15) is 13.8 Å². The van der Waals surface area contributed by atoms with Gasteiger partial charge in [0.1, 0.15) is 10.7 Å². The summed E-state index contributed by atoms with van der Waals surface area (Å²) >= 11 is 5.85. The summed E-state index contributed by atoms with van der Waals surface area (Å²) in [5, 5.41) is 10.9. The summed E-state index contributed by atoms with van der Waals surface area (Å²) in [6.45, 7) is 2.19. The number of carboxylic acids is 1. The molecule has 1 unspecified atom stereocenters. The van der Waals surface area contributed by atoms with E-state index in [1.807, 2.05) is 0 Å². The molecule has 1 aromatic rings. The number of sulfonamides is 1. The third-order valence-corrected chi connectivity index (χ3v) is 5.12. The van der Waals surface area contributed by atoms with Gasteiger partial charge in [-0.3, -0.25) is 9.59 Å². The van der Waals surface area contributed by atoms with Crippen LogP contribution in [0.5, 0.6) is 0 Å². The first kappa shape index (κ1) is 19.3. The molecule has 1 atom stereocenters. The summed E-state index contributed by atoms with van der Waals surface area (Å²) in [6, 6.07) is 1.67. The Morgan fingerprint density at radius 2 is 2.00 bits per heavy atom. The number of hydrogen-bond donors (Lipinski definition) is 2. The number of carboxylic acid groups (broad SMARTS) is 1. The third-order valence-electron chi connectivity index (χ3n) is 2.97. The van der Waals surface area contributed by atoms with E-state index in [9.17, 15) is 22.4 Å². The summed E-state index contributed by atoms with van der Waals surface area (Å²) in [4.78, 5) is 21.1. The molecule has 1 amide bonds. The van der Waals surface area contributed by atoms with E-state index in [2.05, 4.69) is 5.32 Å². The van der Waals surface area contributed by atoms with Gasteiger partial charge in [0.15, 0.2) is 0 Å². The Morgan fingerprint density at radius 1 is 1.43 bits per heavy atom. The number of halogens is 2. The second kappa shape index (κ2) is 7.24. The van der Waals surface area contributed by atoms with Crippen LogP contribution >= 0.6 is 11.6 Å². The van der Waals surface area contributed by atoms with E-state index in [0.717, 1.165) is 23.5 Å². The van der Waals surface area contributed by atoms with Gasteiger partial charge in [0, 0.05) is 26.6 Å². The third kappa shape index (κ3) is 4.63. The van der Waals surface area contributed by atoms with Crippen molar-refractivity contribution in [3.05, 3.63) is 23.0 Å². The van der Waals surface area contributed by atoms with Crippen LogP contribution in [0, 0.1) is 11.7 Å². The van der Waals surface area contributed by atoms with Crippen molar-refractivity contribution in [3.63, 3.8) is 0 Å². The van der Waals surface area contributed by atoms with Crippen LogP contribution in [-0.4, -0.2) is 43.3 Å². The van der Waals surface area contributed by atoms with Gasteiger partial charge in [0.05, 0.1) is 16.6 Å². The fraction of sp³-hybridized carbons (Fsp3) is 0.385. The SMILES string of the molecule is CC(=O)Nc1cc(F)c(S(=O)(=O)N(C)CC(C)C(=O)O)cc1Cl. The minimum atomic E-state index is -4.27. The molecule has 0 radical (unpaired) electrons. The highest BCUT2D eigenvalue weighted by atomic mass is 35.5. The molecule has 0 aliphatic rings. The van der Waals surface area contributed by atoms with Gasteiger partial charge in [-0.15, -0.1) is 0 Å². The highest BCUT2D eigenvalue weighted by Crippen LogP contribution is 2.29. The summed E-state index contributed by atoms with van der Waals surface area (Å²) in [5.74, 6) is -3.74. The van der Waals surface area contributed by atoms with Crippen LogP contribution in [0.3, 0.4) is 0 Å². The molecule has 23 heavy (non-hydrogen) atoms. The van der Waals surface area contributed by atoms with Gasteiger partial charge in [-0.25, -0.2) is 12.8 Å². The molecular weight excluding hydrogens is 351 g/mol. The number of rotatable bonds is 6. The van der Waals surface area contributed by atoms with Gasteiger partial charge >= 0.3 is 5.97 Å². The Balaban J connectivity index is 3.21. The molecule has 0 aliphatic carbocycles. The number of carbonyl (C=O) groups is 2. The Hall–Kier alpha value is -1.71. The minimum absolute atomic E-state index is 0.0582. The quantitative estimate of drug-likeness (QED) is 0.798. The lowest BCUT2D eigenvalue weighted by Gasteiger charge is -2.20. The summed E-state index contributed by atoms with van der Waals surface area (Å²) < 4.78 is 39.5. The average molecular weight is 367 g/mol. The molecule has 10 heteroatoms. The zero-order valence-corrected chi connectivity index (χ0v) is 14.2. The molecule has 0 aromatic heterocycles. The number of hydrogen-bond acceptors (Lipinski definition) is 4. The second-order valence-electron chi connectivity index (χ2n) is 4.97. The average Bonchev–Trinajstić information content (AvgIpc) is 2.41. The van der Waals surface area contributed by atoms with Gasteiger partial charge < -0.3 is 10.4 Å². The molecular formula is C13H16ClFN2O5S. The van der Waals surface area contributed by atoms with Gasteiger partial charge in [0.2, 0.25) is 15.9 Å². The summed E-state index contributed by atoms with van der Waals surface area (Å²) in [6.07, 6.45) is 0. The molecule has 0 spiro atoms. The van der Waals surface area contributed by atoms with Crippen LogP contribution in [0.2, 0.25) is 5.02 Å². The standard InChI is InChI=1S/C13H16ClFN2O5S/c1-7(13(19)20)6-17(3)23(21,22)12-4-9(14)11(5-10(12)15)16-8(2)18/h4-5,7H,6H2,1-3H3,(H,16,18)(H,19,20). The van der Waals surface area contributed by atoms with Crippen LogP contribution in [0.25, 0.3) is 0 Å². The number of benzene rings is 1. The van der Waals surface area contributed by atoms with Crippen molar-refractivity contribution in [2.75, 3.05) is 18.9 Å². The lowest BCUT2D eigenvalue weighted by atomic mass is 10.2. The van der Waals surface area contributed by atoms with E-state index in [1.165, 1.54) is 13.8 Å². The predicted octanol–water partition coefficient (Wildman–Crippen LogP) is 1.78. The Kier molecular flexibility index (Phi) is 6.09. The van der Waals surface area contributed by atoms with E-state index >= 15 is 0 Å². The first-order valence-electron chi connectivity index (χ1n) is 6.42. The molecule has 0 aliphatic heterocycles. The highest BCUT2D eigenvalue weighted by molar-refractivity contribution is 7.89. The maximum atomic E-state index is 14.1. The van der Waals surface area contributed by atoms with E-state index < -0.39 is 38.5 Å². The van der Waals surface area contributed by atoms with Crippen molar-refractivity contribution >= 4 is 39.2 Å².